The molecule has 0 unspecified atom stereocenters. The van der Waals surface area contributed by atoms with Crippen LogP contribution in [0.4, 0.5) is 11.4 Å². The van der Waals surface area contributed by atoms with Gasteiger partial charge in [0.25, 0.3) is 0 Å². The SMILES string of the molecule is Cc1ccc(NC(=O)CCNCCc2c[nH]c3ccccc23)c(N)c1. The number of H-pyrrole nitrogens is 1. The number of anilines is 2. The van der Waals surface area contributed by atoms with E-state index < -0.39 is 0 Å². The van der Waals surface area contributed by atoms with Crippen LogP contribution in [0.5, 0.6) is 0 Å². The minimum Gasteiger partial charge on any atom is -0.397 e. The van der Waals surface area contributed by atoms with Crippen molar-refractivity contribution in [1.82, 2.24) is 10.3 Å². The van der Waals surface area contributed by atoms with Gasteiger partial charge in [-0.25, -0.2) is 0 Å². The van der Waals surface area contributed by atoms with E-state index in [2.05, 4.69) is 33.9 Å². The molecule has 0 atom stereocenters. The van der Waals surface area contributed by atoms with Crippen LogP contribution in [0, 0.1) is 6.92 Å². The number of amides is 1. The van der Waals surface area contributed by atoms with Gasteiger partial charge in [-0.3, -0.25) is 4.79 Å². The molecule has 0 aliphatic rings. The van der Waals surface area contributed by atoms with Gasteiger partial charge in [-0.05, 0) is 49.2 Å². The molecule has 1 heterocycles. The highest BCUT2D eigenvalue weighted by Crippen LogP contribution is 2.19. The molecule has 5 N–H and O–H groups in total. The number of nitrogens with one attached hydrogen (secondary N) is 3. The van der Waals surface area contributed by atoms with Crippen LogP contribution in [0.3, 0.4) is 0 Å². The first-order chi connectivity index (χ1) is 12.1. The number of nitrogens with two attached hydrogens (primary N) is 1. The van der Waals surface area contributed by atoms with E-state index >= 15 is 0 Å². The molecule has 0 saturated carbocycles. The maximum Gasteiger partial charge on any atom is 0.225 e. The summed E-state index contributed by atoms with van der Waals surface area (Å²) in [5.74, 6) is -0.0323. The number of hydrogen-bond acceptors (Lipinski definition) is 3. The molecule has 0 saturated heterocycles. The Balaban J connectivity index is 1.40. The third kappa shape index (κ3) is 4.39. The van der Waals surface area contributed by atoms with Gasteiger partial charge in [0, 0.05) is 30.1 Å². The van der Waals surface area contributed by atoms with E-state index in [1.165, 1.54) is 10.9 Å². The lowest BCUT2D eigenvalue weighted by Crippen LogP contribution is -2.23. The van der Waals surface area contributed by atoms with Gasteiger partial charge < -0.3 is 21.4 Å². The molecular weight excluding hydrogens is 312 g/mol. The zero-order chi connectivity index (χ0) is 17.6. The fourth-order valence-corrected chi connectivity index (χ4v) is 2.90. The number of carbonyl (C=O) groups excluding carboxylic acids is 1. The van der Waals surface area contributed by atoms with E-state index in [1.54, 1.807) is 0 Å². The van der Waals surface area contributed by atoms with Crippen LogP contribution in [0.15, 0.2) is 48.7 Å². The molecule has 25 heavy (non-hydrogen) atoms. The van der Waals surface area contributed by atoms with Crippen LogP contribution in [0.1, 0.15) is 17.5 Å². The van der Waals surface area contributed by atoms with Crippen LogP contribution < -0.4 is 16.4 Å². The monoisotopic (exact) mass is 336 g/mol. The van der Waals surface area contributed by atoms with Crippen LogP contribution in [0.2, 0.25) is 0 Å². The highest BCUT2D eigenvalue weighted by Gasteiger charge is 2.06. The molecule has 0 aliphatic carbocycles. The Bertz CT molecular complexity index is 869. The van der Waals surface area contributed by atoms with Gasteiger partial charge in [-0.1, -0.05) is 24.3 Å². The maximum absolute atomic E-state index is 12.0. The first-order valence-corrected chi connectivity index (χ1v) is 8.55. The highest BCUT2D eigenvalue weighted by atomic mass is 16.1. The lowest BCUT2D eigenvalue weighted by Gasteiger charge is -2.09. The molecule has 5 heteroatoms. The van der Waals surface area contributed by atoms with Crippen molar-refractivity contribution in [3.8, 4) is 0 Å². The van der Waals surface area contributed by atoms with Crippen molar-refractivity contribution in [2.45, 2.75) is 19.8 Å². The Morgan fingerprint density at radius 2 is 2.00 bits per heavy atom. The topological polar surface area (TPSA) is 82.9 Å². The van der Waals surface area contributed by atoms with Crippen molar-refractivity contribution in [2.75, 3.05) is 24.1 Å². The van der Waals surface area contributed by atoms with Gasteiger partial charge in [0.2, 0.25) is 5.91 Å². The van der Waals surface area contributed by atoms with E-state index in [0.29, 0.717) is 24.3 Å². The fraction of sp³-hybridized carbons (Fsp3) is 0.250. The number of rotatable bonds is 7. The lowest BCUT2D eigenvalue weighted by atomic mass is 10.1. The second kappa shape index (κ2) is 7.85. The molecule has 3 aromatic rings. The Morgan fingerprint density at radius 3 is 2.84 bits per heavy atom. The van der Waals surface area contributed by atoms with Crippen LogP contribution >= 0.6 is 0 Å². The molecule has 130 valence electrons. The predicted octanol–water partition coefficient (Wildman–Crippen LogP) is 3.22. The van der Waals surface area contributed by atoms with Crippen molar-refractivity contribution in [1.29, 1.82) is 0 Å². The summed E-state index contributed by atoms with van der Waals surface area (Å²) >= 11 is 0. The van der Waals surface area contributed by atoms with Crippen LogP contribution in [-0.2, 0) is 11.2 Å². The number of nitrogen functional groups attached to an aromatic ring is 1. The third-order valence-corrected chi connectivity index (χ3v) is 4.26. The minimum atomic E-state index is -0.0323. The van der Waals surface area contributed by atoms with E-state index in [4.69, 9.17) is 5.73 Å². The fourth-order valence-electron chi connectivity index (χ4n) is 2.90. The molecule has 0 fully saturated rings. The number of para-hydroxylation sites is 1. The largest absolute Gasteiger partial charge is 0.397 e. The average Bonchev–Trinajstić information content (AvgIpc) is 3.00. The lowest BCUT2D eigenvalue weighted by molar-refractivity contribution is -0.116. The van der Waals surface area contributed by atoms with Crippen molar-refractivity contribution >= 4 is 28.2 Å². The van der Waals surface area contributed by atoms with Gasteiger partial charge in [0.05, 0.1) is 11.4 Å². The Labute approximate surface area is 147 Å². The Kier molecular flexibility index (Phi) is 5.36. The number of benzene rings is 2. The number of aromatic nitrogens is 1. The summed E-state index contributed by atoms with van der Waals surface area (Å²) in [4.78, 5) is 15.3. The number of hydrogen-bond donors (Lipinski definition) is 4. The molecule has 0 radical (unpaired) electrons. The summed E-state index contributed by atoms with van der Waals surface area (Å²) in [5.41, 5.74) is 10.7. The second-order valence-electron chi connectivity index (χ2n) is 6.25. The predicted molar refractivity (Wildman–Crippen MR) is 104 cm³/mol. The average molecular weight is 336 g/mol. The quantitative estimate of drug-likeness (QED) is 0.395. The molecule has 1 aromatic heterocycles. The van der Waals surface area contributed by atoms with Crippen LogP contribution in [0.25, 0.3) is 10.9 Å². The number of aromatic amines is 1. The number of carbonyl (C=O) groups is 1. The normalized spacial score (nSPS) is 10.9. The molecule has 2 aromatic carbocycles. The Morgan fingerprint density at radius 1 is 1.16 bits per heavy atom. The zero-order valence-corrected chi connectivity index (χ0v) is 14.4. The first-order valence-electron chi connectivity index (χ1n) is 8.55. The zero-order valence-electron chi connectivity index (χ0n) is 14.4. The Hall–Kier alpha value is -2.79. The van der Waals surface area contributed by atoms with E-state index in [1.807, 2.05) is 37.3 Å². The van der Waals surface area contributed by atoms with Crippen molar-refractivity contribution in [3.05, 3.63) is 59.8 Å². The van der Waals surface area contributed by atoms with Crippen molar-refractivity contribution < 1.29 is 4.79 Å². The van der Waals surface area contributed by atoms with Crippen molar-refractivity contribution in [2.24, 2.45) is 0 Å². The molecule has 5 nitrogen and oxygen atoms in total. The molecular formula is C20H24N4O. The minimum absolute atomic E-state index is 0.0323. The maximum atomic E-state index is 12.0. The summed E-state index contributed by atoms with van der Waals surface area (Å²) in [6.45, 7) is 3.45. The third-order valence-electron chi connectivity index (χ3n) is 4.26. The smallest absolute Gasteiger partial charge is 0.225 e. The van der Waals surface area contributed by atoms with Gasteiger partial charge in [-0.15, -0.1) is 0 Å². The molecule has 0 bridgehead atoms. The van der Waals surface area contributed by atoms with Crippen molar-refractivity contribution in [3.63, 3.8) is 0 Å². The van der Waals surface area contributed by atoms with E-state index in [9.17, 15) is 4.79 Å². The van der Waals surface area contributed by atoms with Gasteiger partial charge in [0.15, 0.2) is 0 Å². The molecule has 0 aliphatic heterocycles. The van der Waals surface area contributed by atoms with Gasteiger partial charge in [-0.2, -0.15) is 0 Å². The summed E-state index contributed by atoms with van der Waals surface area (Å²) in [6.07, 6.45) is 3.40. The van der Waals surface area contributed by atoms with E-state index in [-0.39, 0.29) is 5.91 Å². The number of aryl methyl sites for hydroxylation is 1. The van der Waals surface area contributed by atoms with E-state index in [0.717, 1.165) is 24.0 Å². The molecule has 1 amide bonds. The standard InChI is InChI=1S/C20H24N4O/c1-14-6-7-19(17(21)12-14)24-20(25)9-11-22-10-8-15-13-23-18-5-3-2-4-16(15)18/h2-7,12-13,22-23H,8-11,21H2,1H3,(H,24,25). The summed E-state index contributed by atoms with van der Waals surface area (Å²) in [6, 6.07) is 13.9. The van der Waals surface area contributed by atoms with Gasteiger partial charge >= 0.3 is 0 Å². The highest BCUT2D eigenvalue weighted by molar-refractivity contribution is 5.94. The molecule has 0 spiro atoms. The van der Waals surface area contributed by atoms with Crippen LogP contribution in [-0.4, -0.2) is 24.0 Å². The summed E-state index contributed by atoms with van der Waals surface area (Å²) < 4.78 is 0. The summed E-state index contributed by atoms with van der Waals surface area (Å²) in [7, 11) is 0. The van der Waals surface area contributed by atoms with Gasteiger partial charge in [0.1, 0.15) is 0 Å². The first kappa shape index (κ1) is 17.0. The summed E-state index contributed by atoms with van der Waals surface area (Å²) in [5, 5.41) is 7.44. The second-order valence-corrected chi connectivity index (χ2v) is 6.25. The number of fused-ring (bicyclic) bond motifs is 1. The molecule has 3 rings (SSSR count).